The zero-order chi connectivity index (χ0) is 15.7. The monoisotopic (exact) mass is 318 g/mol. The molecule has 21 heavy (non-hydrogen) atoms. The van der Waals surface area contributed by atoms with Gasteiger partial charge in [0.15, 0.2) is 0 Å². The van der Waals surface area contributed by atoms with Crippen molar-refractivity contribution in [1.82, 2.24) is 4.72 Å². The van der Waals surface area contributed by atoms with Gasteiger partial charge in [-0.25, -0.2) is 17.5 Å². The van der Waals surface area contributed by atoms with Gasteiger partial charge in [-0.3, -0.25) is 10.1 Å². The molecule has 0 radical (unpaired) electrons. The fourth-order valence-corrected chi connectivity index (χ4v) is 4.05. The Morgan fingerprint density at radius 3 is 2.52 bits per heavy atom. The maximum absolute atomic E-state index is 13.7. The highest BCUT2D eigenvalue weighted by Gasteiger charge is 2.38. The molecule has 1 fully saturated rings. The van der Waals surface area contributed by atoms with Crippen LogP contribution < -0.4 is 4.72 Å². The maximum Gasteiger partial charge on any atom is 0.270 e. The van der Waals surface area contributed by atoms with E-state index in [0.29, 0.717) is 18.9 Å². The summed E-state index contributed by atoms with van der Waals surface area (Å²) >= 11 is 0. The minimum Gasteiger partial charge on any atom is -0.394 e. The van der Waals surface area contributed by atoms with Crippen LogP contribution in [0, 0.1) is 15.9 Å². The number of nitrogens with one attached hydrogen (secondary N) is 1. The van der Waals surface area contributed by atoms with Crippen LogP contribution in [0.15, 0.2) is 23.1 Å². The van der Waals surface area contributed by atoms with E-state index in [4.69, 9.17) is 0 Å². The van der Waals surface area contributed by atoms with Gasteiger partial charge in [-0.1, -0.05) is 12.8 Å². The number of hydrogen-bond acceptors (Lipinski definition) is 5. The van der Waals surface area contributed by atoms with Crippen LogP contribution in [0.3, 0.4) is 0 Å². The van der Waals surface area contributed by atoms with E-state index in [9.17, 15) is 28.0 Å². The zero-order valence-corrected chi connectivity index (χ0v) is 11.9. The second-order valence-electron chi connectivity index (χ2n) is 5.12. The Morgan fingerprint density at radius 2 is 2.00 bits per heavy atom. The van der Waals surface area contributed by atoms with Crippen LogP contribution >= 0.6 is 0 Å². The molecular weight excluding hydrogens is 303 g/mol. The first kappa shape index (κ1) is 15.8. The standard InChI is InChI=1S/C12H15FN2O5S/c13-10-4-3-9(15(17)18)7-11(10)21(19,20)14-12(8-16)5-1-2-6-12/h3-4,7,14,16H,1-2,5-6,8H2. The number of rotatable bonds is 5. The van der Waals surface area contributed by atoms with E-state index in [1.54, 1.807) is 0 Å². The number of nitro benzene ring substituents is 1. The van der Waals surface area contributed by atoms with Crippen molar-refractivity contribution >= 4 is 15.7 Å². The van der Waals surface area contributed by atoms with E-state index in [1.165, 1.54) is 0 Å². The van der Waals surface area contributed by atoms with Gasteiger partial charge in [0.25, 0.3) is 5.69 Å². The molecule has 7 nitrogen and oxygen atoms in total. The van der Waals surface area contributed by atoms with Gasteiger partial charge in [-0.05, 0) is 18.9 Å². The number of nitrogens with zero attached hydrogens (tertiary/aromatic N) is 1. The third kappa shape index (κ3) is 3.20. The number of benzene rings is 1. The quantitative estimate of drug-likeness (QED) is 0.628. The van der Waals surface area contributed by atoms with Crippen molar-refractivity contribution in [2.75, 3.05) is 6.61 Å². The summed E-state index contributed by atoms with van der Waals surface area (Å²) in [5.41, 5.74) is -1.53. The second-order valence-corrected chi connectivity index (χ2v) is 6.77. The van der Waals surface area contributed by atoms with Gasteiger partial charge in [0.1, 0.15) is 10.7 Å². The van der Waals surface area contributed by atoms with Crippen molar-refractivity contribution in [3.8, 4) is 0 Å². The molecule has 0 bridgehead atoms. The first-order chi connectivity index (χ1) is 9.80. The van der Waals surface area contributed by atoms with Crippen molar-refractivity contribution in [2.24, 2.45) is 0 Å². The zero-order valence-electron chi connectivity index (χ0n) is 11.1. The summed E-state index contributed by atoms with van der Waals surface area (Å²) in [5, 5.41) is 20.1. The molecule has 0 amide bonds. The summed E-state index contributed by atoms with van der Waals surface area (Å²) in [6.45, 7) is -0.400. The van der Waals surface area contributed by atoms with Crippen LogP contribution in [0.5, 0.6) is 0 Å². The van der Waals surface area contributed by atoms with Gasteiger partial charge >= 0.3 is 0 Å². The van der Waals surface area contributed by atoms with Crippen molar-refractivity contribution in [1.29, 1.82) is 0 Å². The molecule has 0 heterocycles. The molecule has 1 aliphatic carbocycles. The molecule has 1 aliphatic rings. The fourth-order valence-electron chi connectivity index (χ4n) is 2.50. The molecule has 9 heteroatoms. The van der Waals surface area contributed by atoms with Gasteiger partial charge in [0.05, 0.1) is 17.1 Å². The van der Waals surface area contributed by atoms with Gasteiger partial charge in [0.2, 0.25) is 10.0 Å². The van der Waals surface area contributed by atoms with Gasteiger partial charge in [-0.15, -0.1) is 0 Å². The van der Waals surface area contributed by atoms with E-state index in [1.807, 2.05) is 0 Å². The summed E-state index contributed by atoms with van der Waals surface area (Å²) in [6.07, 6.45) is 2.39. The second kappa shape index (κ2) is 5.66. The normalized spacial score (nSPS) is 17.8. The Morgan fingerprint density at radius 1 is 1.38 bits per heavy atom. The number of sulfonamides is 1. The first-order valence-electron chi connectivity index (χ1n) is 6.38. The van der Waals surface area contributed by atoms with Gasteiger partial charge in [0, 0.05) is 12.1 Å². The number of non-ortho nitro benzene ring substituents is 1. The number of nitro groups is 1. The van der Waals surface area contributed by atoms with Crippen LogP contribution in [0.2, 0.25) is 0 Å². The summed E-state index contributed by atoms with van der Waals surface area (Å²) in [5.74, 6) is -1.07. The lowest BCUT2D eigenvalue weighted by Crippen LogP contribution is -2.49. The topological polar surface area (TPSA) is 110 Å². The number of hydrogen-bond donors (Lipinski definition) is 2. The Hall–Kier alpha value is -1.58. The Kier molecular flexibility index (Phi) is 4.26. The van der Waals surface area contributed by atoms with Gasteiger partial charge in [-0.2, -0.15) is 0 Å². The van der Waals surface area contributed by atoms with E-state index in [0.717, 1.165) is 25.0 Å². The van der Waals surface area contributed by atoms with Crippen molar-refractivity contribution in [3.05, 3.63) is 34.1 Å². The van der Waals surface area contributed by atoms with Crippen LogP contribution in [0.4, 0.5) is 10.1 Å². The Bertz CT molecular complexity index is 656. The third-order valence-corrected chi connectivity index (χ3v) is 5.22. The lowest BCUT2D eigenvalue weighted by atomic mass is 10.0. The highest BCUT2D eigenvalue weighted by Crippen LogP contribution is 2.31. The number of aliphatic hydroxyl groups excluding tert-OH is 1. The molecular formula is C12H15FN2O5S. The predicted octanol–water partition coefficient (Wildman–Crippen LogP) is 1.32. The maximum atomic E-state index is 13.7. The lowest BCUT2D eigenvalue weighted by Gasteiger charge is -2.27. The number of halogens is 1. The minimum absolute atomic E-state index is 0.400. The van der Waals surface area contributed by atoms with Crippen LogP contribution in [-0.4, -0.2) is 30.6 Å². The van der Waals surface area contributed by atoms with Crippen LogP contribution in [0.1, 0.15) is 25.7 Å². The molecule has 0 aliphatic heterocycles. The molecule has 0 atom stereocenters. The average Bonchev–Trinajstić information content (AvgIpc) is 2.87. The molecule has 2 N–H and O–H groups in total. The highest BCUT2D eigenvalue weighted by molar-refractivity contribution is 7.89. The minimum atomic E-state index is -4.29. The third-order valence-electron chi connectivity index (χ3n) is 3.63. The molecule has 1 aromatic rings. The van der Waals surface area contributed by atoms with Crippen LogP contribution in [0.25, 0.3) is 0 Å². The first-order valence-corrected chi connectivity index (χ1v) is 7.87. The summed E-state index contributed by atoms with van der Waals surface area (Å²) in [7, 11) is -4.29. The van der Waals surface area contributed by atoms with Gasteiger partial charge < -0.3 is 5.11 Å². The predicted molar refractivity (Wildman–Crippen MR) is 71.7 cm³/mol. The summed E-state index contributed by atoms with van der Waals surface area (Å²) < 4.78 is 40.6. The summed E-state index contributed by atoms with van der Waals surface area (Å²) in [4.78, 5) is 9.11. The molecule has 0 spiro atoms. The SMILES string of the molecule is O=[N+]([O-])c1ccc(F)c(S(=O)(=O)NC2(CO)CCCC2)c1. The van der Waals surface area contributed by atoms with Crippen LogP contribution in [-0.2, 0) is 10.0 Å². The number of aliphatic hydroxyl groups is 1. The highest BCUT2D eigenvalue weighted by atomic mass is 32.2. The fraction of sp³-hybridized carbons (Fsp3) is 0.500. The smallest absolute Gasteiger partial charge is 0.270 e. The lowest BCUT2D eigenvalue weighted by molar-refractivity contribution is -0.385. The Labute approximate surface area is 121 Å². The largest absolute Gasteiger partial charge is 0.394 e. The average molecular weight is 318 g/mol. The molecule has 0 aromatic heterocycles. The summed E-state index contributed by atoms with van der Waals surface area (Å²) in [6, 6.07) is 2.32. The Balaban J connectivity index is 2.39. The van der Waals surface area contributed by atoms with E-state index in [2.05, 4.69) is 4.72 Å². The molecule has 0 unspecified atom stereocenters. The van der Waals surface area contributed by atoms with E-state index >= 15 is 0 Å². The van der Waals surface area contributed by atoms with Crippen molar-refractivity contribution < 1.29 is 22.8 Å². The van der Waals surface area contributed by atoms with E-state index < -0.39 is 43.5 Å². The van der Waals surface area contributed by atoms with E-state index in [-0.39, 0.29) is 0 Å². The van der Waals surface area contributed by atoms with Crippen molar-refractivity contribution in [3.63, 3.8) is 0 Å². The van der Waals surface area contributed by atoms with Crippen molar-refractivity contribution in [2.45, 2.75) is 36.1 Å². The molecule has 0 saturated heterocycles. The molecule has 116 valence electrons. The molecule has 1 saturated carbocycles. The molecule has 1 aromatic carbocycles. The molecule has 2 rings (SSSR count).